The Labute approximate surface area is 217 Å². The zero-order valence-electron chi connectivity index (χ0n) is 20.7. The Hall–Kier alpha value is -2.10. The number of ether oxygens (including phenoxy) is 3. The number of morpholine rings is 1. The Balaban J connectivity index is 1.38. The van der Waals surface area contributed by atoms with Gasteiger partial charge in [-0.15, -0.1) is 0 Å². The maximum absolute atomic E-state index is 13.0. The van der Waals surface area contributed by atoms with Gasteiger partial charge in [0.1, 0.15) is 4.32 Å². The van der Waals surface area contributed by atoms with E-state index in [0.29, 0.717) is 28.1 Å². The minimum Gasteiger partial charge on any atom is -0.493 e. The molecule has 2 amide bonds. The number of amides is 2. The van der Waals surface area contributed by atoms with Crippen LogP contribution in [-0.2, 0) is 14.3 Å². The van der Waals surface area contributed by atoms with Crippen molar-refractivity contribution in [2.75, 3.05) is 26.7 Å². The van der Waals surface area contributed by atoms with Gasteiger partial charge in [-0.2, -0.15) is 0 Å². The summed E-state index contributed by atoms with van der Waals surface area (Å²) < 4.78 is 17.9. The van der Waals surface area contributed by atoms with Crippen LogP contribution in [0.4, 0.5) is 0 Å². The van der Waals surface area contributed by atoms with Gasteiger partial charge in [0.05, 0.1) is 30.3 Å². The minimum atomic E-state index is -0.169. The fourth-order valence-electron chi connectivity index (χ4n) is 4.83. The largest absolute Gasteiger partial charge is 0.493 e. The summed E-state index contributed by atoms with van der Waals surface area (Å²) in [5.41, 5.74) is 0.839. The van der Waals surface area contributed by atoms with Crippen LogP contribution in [0.2, 0.25) is 0 Å². The molecule has 1 saturated carbocycles. The first kappa shape index (κ1) is 26.0. The lowest BCUT2D eigenvalue weighted by Gasteiger charge is -2.35. The number of methoxy groups -OCH3 is 1. The molecule has 35 heavy (non-hydrogen) atoms. The van der Waals surface area contributed by atoms with Crippen LogP contribution in [0.1, 0.15) is 57.9 Å². The Morgan fingerprint density at radius 3 is 2.57 bits per heavy atom. The number of thiocarbonyl (C=S) groups is 1. The molecule has 2 aliphatic heterocycles. The van der Waals surface area contributed by atoms with Crippen molar-refractivity contribution in [3.63, 3.8) is 0 Å². The van der Waals surface area contributed by atoms with Crippen molar-refractivity contribution >= 4 is 46.2 Å². The van der Waals surface area contributed by atoms with Gasteiger partial charge in [-0.25, -0.2) is 0 Å². The van der Waals surface area contributed by atoms with Crippen LogP contribution in [-0.4, -0.2) is 71.0 Å². The lowest BCUT2D eigenvalue weighted by molar-refractivity contribution is -0.143. The number of thioether (sulfide) groups is 1. The summed E-state index contributed by atoms with van der Waals surface area (Å²) in [4.78, 5) is 29.6. The van der Waals surface area contributed by atoms with E-state index >= 15 is 0 Å². The van der Waals surface area contributed by atoms with E-state index in [1.54, 1.807) is 7.11 Å². The second-order valence-electron chi connectivity index (χ2n) is 9.43. The van der Waals surface area contributed by atoms with Gasteiger partial charge >= 0.3 is 0 Å². The standard InChI is InChI=1S/C26H34N2O5S2/c1-17-15-27(16-18(2)32-17)24(29)11-12-28-25(30)23(35-26(28)34)14-19-9-10-21(22(13-19)31-3)33-20-7-5-4-6-8-20/h9-10,13-14,17-18,20H,4-8,11-12,15-16H2,1-3H3/b23-14-. The van der Waals surface area contributed by atoms with E-state index < -0.39 is 0 Å². The molecule has 3 aliphatic rings. The predicted molar refractivity (Wildman–Crippen MR) is 142 cm³/mol. The van der Waals surface area contributed by atoms with Crippen LogP contribution in [0.3, 0.4) is 0 Å². The lowest BCUT2D eigenvalue weighted by atomic mass is 9.98. The Morgan fingerprint density at radius 2 is 1.89 bits per heavy atom. The summed E-state index contributed by atoms with van der Waals surface area (Å²) in [6.07, 6.45) is 8.11. The fraction of sp³-hybridized carbons (Fsp3) is 0.577. The van der Waals surface area contributed by atoms with E-state index in [0.717, 1.165) is 24.2 Å². The average Bonchev–Trinajstić information content (AvgIpc) is 3.10. The SMILES string of the molecule is COc1cc(/C=C2\SC(=S)N(CCC(=O)N3CC(C)OC(C)C3)C2=O)ccc1OC1CCCCC1. The first-order chi connectivity index (χ1) is 16.8. The van der Waals surface area contributed by atoms with Gasteiger partial charge < -0.3 is 19.1 Å². The van der Waals surface area contributed by atoms with Gasteiger partial charge in [0, 0.05) is 26.1 Å². The first-order valence-electron chi connectivity index (χ1n) is 12.4. The number of hydrogen-bond acceptors (Lipinski definition) is 7. The molecule has 0 bridgehead atoms. The van der Waals surface area contributed by atoms with Gasteiger partial charge in [0.15, 0.2) is 11.5 Å². The number of hydrogen-bond donors (Lipinski definition) is 0. The van der Waals surface area contributed by atoms with E-state index in [4.69, 9.17) is 26.4 Å². The van der Waals surface area contributed by atoms with Crippen LogP contribution < -0.4 is 9.47 Å². The van der Waals surface area contributed by atoms with Crippen molar-refractivity contribution in [3.05, 3.63) is 28.7 Å². The zero-order chi connectivity index (χ0) is 24.9. The molecule has 1 aliphatic carbocycles. The molecule has 3 fully saturated rings. The molecule has 0 aromatic heterocycles. The Bertz CT molecular complexity index is 982. The number of benzene rings is 1. The second-order valence-corrected chi connectivity index (χ2v) is 11.1. The zero-order valence-corrected chi connectivity index (χ0v) is 22.3. The monoisotopic (exact) mass is 518 g/mol. The van der Waals surface area contributed by atoms with Crippen LogP contribution in [0.25, 0.3) is 6.08 Å². The molecule has 1 aromatic rings. The maximum Gasteiger partial charge on any atom is 0.266 e. The minimum absolute atomic E-state index is 0.0127. The normalized spacial score (nSPS) is 24.8. The van der Waals surface area contributed by atoms with Crippen molar-refractivity contribution in [2.24, 2.45) is 0 Å². The van der Waals surface area contributed by atoms with Crippen LogP contribution >= 0.6 is 24.0 Å². The highest BCUT2D eigenvalue weighted by Gasteiger charge is 2.33. The fourth-order valence-corrected chi connectivity index (χ4v) is 6.13. The molecular weight excluding hydrogens is 484 g/mol. The van der Waals surface area contributed by atoms with E-state index in [9.17, 15) is 9.59 Å². The Morgan fingerprint density at radius 1 is 1.17 bits per heavy atom. The molecule has 190 valence electrons. The molecule has 2 heterocycles. The van der Waals surface area contributed by atoms with Crippen molar-refractivity contribution in [1.82, 2.24) is 9.80 Å². The molecule has 2 atom stereocenters. The van der Waals surface area contributed by atoms with Gasteiger partial charge in [-0.1, -0.05) is 36.5 Å². The molecule has 1 aromatic carbocycles. The lowest BCUT2D eigenvalue weighted by Crippen LogP contribution is -2.48. The highest BCUT2D eigenvalue weighted by molar-refractivity contribution is 8.26. The van der Waals surface area contributed by atoms with Gasteiger partial charge in [-0.3, -0.25) is 14.5 Å². The van der Waals surface area contributed by atoms with Gasteiger partial charge in [0.25, 0.3) is 5.91 Å². The average molecular weight is 519 g/mol. The molecule has 0 radical (unpaired) electrons. The van der Waals surface area contributed by atoms with E-state index in [1.807, 2.05) is 43.0 Å². The molecule has 9 heteroatoms. The quantitative estimate of drug-likeness (QED) is 0.385. The van der Waals surface area contributed by atoms with Crippen molar-refractivity contribution in [2.45, 2.75) is 70.7 Å². The summed E-state index contributed by atoms with van der Waals surface area (Å²) in [6, 6.07) is 5.72. The van der Waals surface area contributed by atoms with E-state index in [2.05, 4.69) is 0 Å². The van der Waals surface area contributed by atoms with Crippen molar-refractivity contribution < 1.29 is 23.8 Å². The predicted octanol–water partition coefficient (Wildman–Crippen LogP) is 4.63. The maximum atomic E-state index is 13.0. The van der Waals surface area contributed by atoms with Gasteiger partial charge in [0.2, 0.25) is 5.91 Å². The van der Waals surface area contributed by atoms with Crippen LogP contribution in [0, 0.1) is 0 Å². The van der Waals surface area contributed by atoms with E-state index in [-0.39, 0.29) is 43.1 Å². The smallest absolute Gasteiger partial charge is 0.266 e. The van der Waals surface area contributed by atoms with Crippen LogP contribution in [0.15, 0.2) is 23.1 Å². The molecule has 4 rings (SSSR count). The number of nitrogens with zero attached hydrogens (tertiary/aromatic N) is 2. The molecule has 2 unspecified atom stereocenters. The summed E-state index contributed by atoms with van der Waals surface area (Å²) in [7, 11) is 1.62. The molecule has 0 spiro atoms. The van der Waals surface area contributed by atoms with Crippen molar-refractivity contribution in [3.8, 4) is 11.5 Å². The topological polar surface area (TPSA) is 68.3 Å². The summed E-state index contributed by atoms with van der Waals surface area (Å²) in [5.74, 6) is 1.23. The molecule has 2 saturated heterocycles. The number of rotatable bonds is 7. The summed E-state index contributed by atoms with van der Waals surface area (Å²) >= 11 is 6.72. The third-order valence-corrected chi connectivity index (χ3v) is 7.90. The van der Waals surface area contributed by atoms with Crippen LogP contribution in [0.5, 0.6) is 11.5 Å². The number of carbonyl (C=O) groups is 2. The summed E-state index contributed by atoms with van der Waals surface area (Å²) in [6.45, 7) is 5.35. The second kappa shape index (κ2) is 11.8. The third-order valence-electron chi connectivity index (χ3n) is 6.53. The van der Waals surface area contributed by atoms with Crippen molar-refractivity contribution in [1.29, 1.82) is 0 Å². The van der Waals surface area contributed by atoms with E-state index in [1.165, 1.54) is 35.9 Å². The van der Waals surface area contributed by atoms with Gasteiger partial charge in [-0.05, 0) is 63.3 Å². The number of carbonyl (C=O) groups excluding carboxylic acids is 2. The molecular formula is C26H34N2O5S2. The molecule has 7 nitrogen and oxygen atoms in total. The molecule has 0 N–H and O–H groups in total. The third kappa shape index (κ3) is 6.57. The Kier molecular flexibility index (Phi) is 8.73. The first-order valence-corrected chi connectivity index (χ1v) is 13.6. The summed E-state index contributed by atoms with van der Waals surface area (Å²) in [5, 5.41) is 0. The highest BCUT2D eigenvalue weighted by atomic mass is 32.2. The highest BCUT2D eigenvalue weighted by Crippen LogP contribution is 2.36.